The smallest absolute Gasteiger partial charge is 0.327 e. The van der Waals surface area contributed by atoms with Crippen LogP contribution in [0, 0.1) is 13.8 Å². The van der Waals surface area contributed by atoms with E-state index in [-0.39, 0.29) is 12.5 Å². The number of hydrogen-bond acceptors (Lipinski definition) is 7. The average molecular weight is 331 g/mol. The number of thiophene rings is 1. The Kier molecular flexibility index (Phi) is 4.24. The first-order valence-electron chi connectivity index (χ1n) is 7.12. The Morgan fingerprint density at radius 1 is 1.39 bits per heavy atom. The summed E-state index contributed by atoms with van der Waals surface area (Å²) in [6.45, 7) is 4.57. The largest absolute Gasteiger partial charge is 0.468 e. The Balaban J connectivity index is 1.80. The number of ether oxygens (including phenoxy) is 1. The van der Waals surface area contributed by atoms with Gasteiger partial charge in [0.2, 0.25) is 0 Å². The van der Waals surface area contributed by atoms with E-state index < -0.39 is 0 Å². The summed E-state index contributed by atoms with van der Waals surface area (Å²) in [4.78, 5) is 20.9. The maximum Gasteiger partial charge on any atom is 0.327 e. The van der Waals surface area contributed by atoms with E-state index in [2.05, 4.69) is 20.4 Å². The third-order valence-corrected chi connectivity index (χ3v) is 4.55. The van der Waals surface area contributed by atoms with Gasteiger partial charge in [0.15, 0.2) is 0 Å². The molecular weight excluding hydrogens is 314 g/mol. The highest BCUT2D eigenvalue weighted by molar-refractivity contribution is 7.16. The van der Waals surface area contributed by atoms with Crippen LogP contribution in [-0.2, 0) is 22.6 Å². The van der Waals surface area contributed by atoms with Gasteiger partial charge in [-0.3, -0.25) is 9.48 Å². The van der Waals surface area contributed by atoms with Gasteiger partial charge in [-0.1, -0.05) is 0 Å². The number of nitrogens with one attached hydrogen (secondary N) is 1. The molecule has 0 spiro atoms. The van der Waals surface area contributed by atoms with Crippen LogP contribution in [0.4, 0.5) is 5.82 Å². The highest BCUT2D eigenvalue weighted by Gasteiger charge is 2.14. The zero-order valence-electron chi connectivity index (χ0n) is 13.2. The van der Waals surface area contributed by atoms with Crippen LogP contribution < -0.4 is 5.32 Å². The van der Waals surface area contributed by atoms with Crippen molar-refractivity contribution in [2.24, 2.45) is 0 Å². The van der Waals surface area contributed by atoms with Crippen LogP contribution >= 0.6 is 11.3 Å². The number of carbonyl (C=O) groups excluding carboxylic acids is 1. The van der Waals surface area contributed by atoms with Crippen molar-refractivity contribution in [2.75, 3.05) is 12.4 Å². The zero-order valence-corrected chi connectivity index (χ0v) is 14.0. The van der Waals surface area contributed by atoms with Crippen molar-refractivity contribution in [3.05, 3.63) is 34.7 Å². The highest BCUT2D eigenvalue weighted by Crippen LogP contribution is 2.24. The number of rotatable bonds is 5. The number of hydrogen-bond donors (Lipinski definition) is 1. The third kappa shape index (κ3) is 3.02. The van der Waals surface area contributed by atoms with Crippen molar-refractivity contribution in [1.29, 1.82) is 0 Å². The normalized spacial score (nSPS) is 10.9. The maximum atomic E-state index is 11.4. The summed E-state index contributed by atoms with van der Waals surface area (Å²) < 4.78 is 6.36. The fourth-order valence-electron chi connectivity index (χ4n) is 2.43. The molecule has 0 amide bonds. The van der Waals surface area contributed by atoms with Gasteiger partial charge in [0.05, 0.1) is 18.2 Å². The minimum atomic E-state index is -0.314. The summed E-state index contributed by atoms with van der Waals surface area (Å²) in [6, 6.07) is 2.00. The molecule has 120 valence electrons. The minimum Gasteiger partial charge on any atom is -0.468 e. The van der Waals surface area contributed by atoms with Crippen molar-refractivity contribution in [3.8, 4) is 0 Å². The van der Waals surface area contributed by atoms with Gasteiger partial charge in [-0.2, -0.15) is 5.10 Å². The molecular formula is C15H17N5O2S. The molecule has 0 aliphatic rings. The van der Waals surface area contributed by atoms with E-state index in [4.69, 9.17) is 4.74 Å². The molecule has 7 nitrogen and oxygen atoms in total. The first-order chi connectivity index (χ1) is 11.1. The first-order valence-corrected chi connectivity index (χ1v) is 8.00. The lowest BCUT2D eigenvalue weighted by atomic mass is 10.2. The van der Waals surface area contributed by atoms with Gasteiger partial charge >= 0.3 is 5.97 Å². The van der Waals surface area contributed by atoms with Gasteiger partial charge in [0.1, 0.15) is 23.5 Å². The average Bonchev–Trinajstić information content (AvgIpc) is 3.12. The molecule has 3 aromatic rings. The van der Waals surface area contributed by atoms with Crippen molar-refractivity contribution in [2.45, 2.75) is 26.9 Å². The van der Waals surface area contributed by atoms with Crippen LogP contribution in [0.1, 0.15) is 17.0 Å². The SMILES string of the molecule is COC(=O)Cn1nc(C)c(CNc2ncnc3sccc23)c1C. The van der Waals surface area contributed by atoms with Gasteiger partial charge in [-0.05, 0) is 25.3 Å². The fraction of sp³-hybridized carbons (Fsp3) is 0.333. The molecule has 23 heavy (non-hydrogen) atoms. The molecule has 0 aromatic carbocycles. The molecule has 3 rings (SSSR count). The number of methoxy groups -OCH3 is 1. The van der Waals surface area contributed by atoms with E-state index in [9.17, 15) is 4.79 Å². The molecule has 0 atom stereocenters. The maximum absolute atomic E-state index is 11.4. The van der Waals surface area contributed by atoms with Gasteiger partial charge < -0.3 is 10.1 Å². The topological polar surface area (TPSA) is 81.9 Å². The number of carbonyl (C=O) groups is 1. The molecule has 0 aliphatic carbocycles. The van der Waals surface area contributed by atoms with Crippen LogP contribution in [-0.4, -0.2) is 32.8 Å². The van der Waals surface area contributed by atoms with Gasteiger partial charge in [0, 0.05) is 17.8 Å². The van der Waals surface area contributed by atoms with Crippen molar-refractivity contribution >= 4 is 33.3 Å². The summed E-state index contributed by atoms with van der Waals surface area (Å²) in [5.74, 6) is 0.488. The van der Waals surface area contributed by atoms with Gasteiger partial charge in [0.25, 0.3) is 0 Å². The molecule has 8 heteroatoms. The molecule has 3 heterocycles. The predicted molar refractivity (Wildman–Crippen MR) is 88.5 cm³/mol. The number of fused-ring (bicyclic) bond motifs is 1. The van der Waals surface area contributed by atoms with Gasteiger partial charge in [-0.25, -0.2) is 9.97 Å². The quantitative estimate of drug-likeness (QED) is 0.722. The first kappa shape index (κ1) is 15.4. The lowest BCUT2D eigenvalue weighted by molar-refractivity contribution is -0.141. The summed E-state index contributed by atoms with van der Waals surface area (Å²) >= 11 is 1.58. The second kappa shape index (κ2) is 6.33. The summed E-state index contributed by atoms with van der Waals surface area (Å²) in [5, 5.41) is 10.8. The lowest BCUT2D eigenvalue weighted by Gasteiger charge is -2.07. The van der Waals surface area contributed by atoms with Gasteiger partial charge in [-0.15, -0.1) is 11.3 Å². The van der Waals surface area contributed by atoms with Crippen molar-refractivity contribution < 1.29 is 9.53 Å². The number of esters is 1. The second-order valence-corrected chi connectivity index (χ2v) is 5.99. The Morgan fingerprint density at radius 3 is 3.00 bits per heavy atom. The van der Waals surface area contributed by atoms with E-state index >= 15 is 0 Å². The van der Waals surface area contributed by atoms with E-state index in [1.165, 1.54) is 7.11 Å². The monoisotopic (exact) mass is 331 g/mol. The molecule has 0 unspecified atom stereocenters. The predicted octanol–water partition coefficient (Wildman–Crippen LogP) is 2.29. The van der Waals surface area contributed by atoms with Crippen molar-refractivity contribution in [1.82, 2.24) is 19.7 Å². The van der Waals surface area contributed by atoms with Crippen LogP contribution in [0.3, 0.4) is 0 Å². The van der Waals surface area contributed by atoms with E-state index in [0.29, 0.717) is 6.54 Å². The molecule has 1 N–H and O–H groups in total. The number of aryl methyl sites for hydroxylation is 1. The Morgan fingerprint density at radius 2 is 2.22 bits per heavy atom. The molecule has 0 bridgehead atoms. The fourth-order valence-corrected chi connectivity index (χ4v) is 3.17. The molecule has 0 radical (unpaired) electrons. The summed E-state index contributed by atoms with van der Waals surface area (Å²) in [5.41, 5.74) is 2.88. The van der Waals surface area contributed by atoms with E-state index in [0.717, 1.165) is 33.0 Å². The second-order valence-electron chi connectivity index (χ2n) is 5.10. The number of aromatic nitrogens is 4. The van der Waals surface area contributed by atoms with E-state index in [1.54, 1.807) is 22.3 Å². The van der Waals surface area contributed by atoms with Crippen LogP contribution in [0.15, 0.2) is 17.8 Å². The van der Waals surface area contributed by atoms with Crippen molar-refractivity contribution in [3.63, 3.8) is 0 Å². The number of anilines is 1. The third-order valence-electron chi connectivity index (χ3n) is 3.73. The molecule has 0 fully saturated rings. The standard InChI is InChI=1S/C15H17N5O2S/c1-9-12(10(2)20(19-9)7-13(21)22-3)6-16-14-11-4-5-23-15(11)18-8-17-14/h4-5,8H,6-7H2,1-3H3,(H,16,17,18). The van der Waals surface area contributed by atoms with Crippen LogP contribution in [0.5, 0.6) is 0 Å². The lowest BCUT2D eigenvalue weighted by Crippen LogP contribution is -2.14. The Labute approximate surface area is 137 Å². The number of nitrogens with zero attached hydrogens (tertiary/aromatic N) is 4. The minimum absolute atomic E-state index is 0.117. The van der Waals surface area contributed by atoms with Crippen LogP contribution in [0.2, 0.25) is 0 Å². The summed E-state index contributed by atoms with van der Waals surface area (Å²) in [6.07, 6.45) is 1.56. The van der Waals surface area contributed by atoms with E-state index in [1.807, 2.05) is 25.3 Å². The molecule has 0 saturated heterocycles. The molecule has 0 aliphatic heterocycles. The summed E-state index contributed by atoms with van der Waals surface area (Å²) in [7, 11) is 1.37. The zero-order chi connectivity index (χ0) is 16.4. The Hall–Kier alpha value is -2.48. The van der Waals surface area contributed by atoms with Crippen LogP contribution in [0.25, 0.3) is 10.2 Å². The highest BCUT2D eigenvalue weighted by atomic mass is 32.1. The molecule has 0 saturated carbocycles. The molecule has 3 aromatic heterocycles. The Bertz CT molecular complexity index is 855.